The van der Waals surface area contributed by atoms with Crippen LogP contribution < -0.4 is 5.32 Å². The Morgan fingerprint density at radius 2 is 1.88 bits per heavy atom. The van der Waals surface area contributed by atoms with Crippen LogP contribution in [0.4, 0.5) is 0 Å². The van der Waals surface area contributed by atoms with Crippen LogP contribution in [0.1, 0.15) is 31.1 Å². The quantitative estimate of drug-likeness (QED) is 0.856. The lowest BCUT2D eigenvalue weighted by Crippen LogP contribution is -2.40. The van der Waals surface area contributed by atoms with Gasteiger partial charge in [-0.15, -0.1) is 0 Å². The van der Waals surface area contributed by atoms with Crippen LogP contribution in [-0.2, 0) is 14.8 Å². The smallest absolute Gasteiger partial charge is 0.253 e. The lowest BCUT2D eigenvalue weighted by atomic mass is 10.1. The molecule has 1 amide bonds. The molecule has 1 atom stereocenters. The van der Waals surface area contributed by atoms with Gasteiger partial charge in [-0.05, 0) is 31.0 Å². The van der Waals surface area contributed by atoms with Gasteiger partial charge in [0.05, 0.1) is 28.7 Å². The predicted molar refractivity (Wildman–Crippen MR) is 92.8 cm³/mol. The number of hydrogen-bond donors (Lipinski definition) is 1. The molecule has 1 aromatic carbocycles. The van der Waals surface area contributed by atoms with Gasteiger partial charge in [-0.3, -0.25) is 4.79 Å². The van der Waals surface area contributed by atoms with Gasteiger partial charge in [-0.25, -0.2) is 8.42 Å². The summed E-state index contributed by atoms with van der Waals surface area (Å²) in [6.07, 6.45) is 0. The first-order valence-corrected chi connectivity index (χ1v) is 9.73. The molecule has 1 fully saturated rings. The summed E-state index contributed by atoms with van der Waals surface area (Å²) < 4.78 is 31.9. The number of nitrogens with zero attached hydrogens (tertiary/aromatic N) is 1. The third kappa shape index (κ3) is 4.27. The highest BCUT2D eigenvalue weighted by molar-refractivity contribution is 7.89. The molecule has 8 heteroatoms. The molecule has 0 spiro atoms. The molecule has 1 heterocycles. The van der Waals surface area contributed by atoms with Gasteiger partial charge in [-0.2, -0.15) is 4.31 Å². The number of carbonyl (C=O) groups is 1. The molecule has 1 aromatic rings. The molecule has 6 nitrogen and oxygen atoms in total. The second kappa shape index (κ2) is 7.82. The molecule has 1 N–H and O–H groups in total. The van der Waals surface area contributed by atoms with Gasteiger partial charge in [-0.1, -0.05) is 25.4 Å². The molecule has 24 heavy (non-hydrogen) atoms. The molecule has 0 aromatic heterocycles. The Morgan fingerprint density at radius 3 is 2.46 bits per heavy atom. The van der Waals surface area contributed by atoms with Crippen LogP contribution in [0.3, 0.4) is 0 Å². The number of sulfonamides is 1. The van der Waals surface area contributed by atoms with Gasteiger partial charge in [0.2, 0.25) is 10.0 Å². The summed E-state index contributed by atoms with van der Waals surface area (Å²) in [5, 5.41) is 3.07. The highest BCUT2D eigenvalue weighted by atomic mass is 35.5. The van der Waals surface area contributed by atoms with Gasteiger partial charge in [0, 0.05) is 19.1 Å². The van der Waals surface area contributed by atoms with E-state index in [-0.39, 0.29) is 33.3 Å². The Kier molecular flexibility index (Phi) is 6.25. The highest BCUT2D eigenvalue weighted by Crippen LogP contribution is 2.24. The van der Waals surface area contributed by atoms with E-state index in [1.807, 2.05) is 20.8 Å². The van der Waals surface area contributed by atoms with Crippen molar-refractivity contribution in [3.63, 3.8) is 0 Å². The molecular weight excluding hydrogens is 352 g/mol. The first-order valence-electron chi connectivity index (χ1n) is 7.92. The van der Waals surface area contributed by atoms with Crippen molar-refractivity contribution >= 4 is 27.5 Å². The van der Waals surface area contributed by atoms with Crippen LogP contribution in [0.2, 0.25) is 5.02 Å². The minimum Gasteiger partial charge on any atom is -0.379 e. The van der Waals surface area contributed by atoms with Crippen molar-refractivity contribution in [1.82, 2.24) is 9.62 Å². The van der Waals surface area contributed by atoms with Crippen molar-refractivity contribution in [3.8, 4) is 0 Å². The van der Waals surface area contributed by atoms with Crippen LogP contribution in [0.25, 0.3) is 0 Å². The van der Waals surface area contributed by atoms with Crippen LogP contribution in [0.15, 0.2) is 23.1 Å². The number of ether oxygens (including phenoxy) is 1. The molecular formula is C16H23ClN2O4S. The number of amides is 1. The molecule has 1 saturated heterocycles. The summed E-state index contributed by atoms with van der Waals surface area (Å²) in [4.78, 5) is 12.5. The third-order valence-electron chi connectivity index (χ3n) is 4.15. The molecule has 0 aliphatic carbocycles. The molecule has 0 bridgehead atoms. The minimum atomic E-state index is -3.66. The van der Waals surface area contributed by atoms with Gasteiger partial charge in [0.25, 0.3) is 5.91 Å². The van der Waals surface area contributed by atoms with Crippen molar-refractivity contribution < 1.29 is 17.9 Å². The Hall–Kier alpha value is -1.15. The van der Waals surface area contributed by atoms with Gasteiger partial charge < -0.3 is 10.1 Å². The van der Waals surface area contributed by atoms with Crippen LogP contribution in [0, 0.1) is 5.92 Å². The molecule has 134 valence electrons. The maximum absolute atomic E-state index is 12.7. The number of halogens is 1. The maximum atomic E-state index is 12.7. The second-order valence-corrected chi connectivity index (χ2v) is 8.51. The first-order chi connectivity index (χ1) is 11.2. The number of carbonyl (C=O) groups excluding carboxylic acids is 1. The molecule has 0 unspecified atom stereocenters. The summed E-state index contributed by atoms with van der Waals surface area (Å²) in [6, 6.07) is 4.17. The zero-order valence-corrected chi connectivity index (χ0v) is 15.7. The van der Waals surface area contributed by atoms with Crippen molar-refractivity contribution in [2.24, 2.45) is 5.92 Å². The van der Waals surface area contributed by atoms with Crippen molar-refractivity contribution in [2.45, 2.75) is 31.7 Å². The van der Waals surface area contributed by atoms with E-state index in [1.54, 1.807) is 0 Å². The summed E-state index contributed by atoms with van der Waals surface area (Å²) in [6.45, 7) is 7.22. The average molecular weight is 375 g/mol. The van der Waals surface area contributed by atoms with Gasteiger partial charge in [0.1, 0.15) is 0 Å². The number of benzene rings is 1. The fourth-order valence-electron chi connectivity index (χ4n) is 2.23. The normalized spacial score (nSPS) is 17.7. The Labute approximate surface area is 148 Å². The lowest BCUT2D eigenvalue weighted by Gasteiger charge is -2.26. The number of hydrogen-bond acceptors (Lipinski definition) is 4. The zero-order valence-electron chi connectivity index (χ0n) is 14.1. The van der Waals surface area contributed by atoms with Gasteiger partial charge >= 0.3 is 0 Å². The average Bonchev–Trinajstić information content (AvgIpc) is 2.55. The standard InChI is InChI=1S/C16H23ClN2O4S/c1-11(2)12(3)18-16(20)14-10-13(4-5-15(14)17)24(21,22)19-6-8-23-9-7-19/h4-5,10-12H,6-9H2,1-3H3,(H,18,20)/t12-/m1/s1. The topological polar surface area (TPSA) is 75.7 Å². The fraction of sp³-hybridized carbons (Fsp3) is 0.562. The van der Waals surface area contributed by atoms with Crippen molar-refractivity contribution in [1.29, 1.82) is 0 Å². The van der Waals surface area contributed by atoms with Crippen LogP contribution in [-0.4, -0.2) is 51.0 Å². The molecule has 1 aliphatic rings. The summed E-state index contributed by atoms with van der Waals surface area (Å²) in [7, 11) is -3.66. The van der Waals surface area contributed by atoms with E-state index in [0.717, 1.165) is 0 Å². The Morgan fingerprint density at radius 1 is 1.25 bits per heavy atom. The molecule has 0 saturated carbocycles. The van der Waals surface area contributed by atoms with E-state index >= 15 is 0 Å². The van der Waals surface area contributed by atoms with E-state index < -0.39 is 10.0 Å². The van der Waals surface area contributed by atoms with E-state index in [0.29, 0.717) is 26.3 Å². The number of rotatable bonds is 5. The summed E-state index contributed by atoms with van der Waals surface area (Å²) in [5.41, 5.74) is 0.165. The maximum Gasteiger partial charge on any atom is 0.253 e. The SMILES string of the molecule is CC(C)[C@@H](C)NC(=O)c1cc(S(=O)(=O)N2CCOCC2)ccc1Cl. The zero-order chi connectivity index (χ0) is 17.9. The highest BCUT2D eigenvalue weighted by Gasteiger charge is 2.27. The number of nitrogens with one attached hydrogen (secondary N) is 1. The summed E-state index contributed by atoms with van der Waals surface area (Å²) in [5.74, 6) is -0.117. The lowest BCUT2D eigenvalue weighted by molar-refractivity contribution is 0.0730. The Bertz CT molecular complexity index is 700. The van der Waals surface area contributed by atoms with Crippen LogP contribution in [0.5, 0.6) is 0 Å². The molecule has 1 aliphatic heterocycles. The van der Waals surface area contributed by atoms with E-state index in [1.165, 1.54) is 22.5 Å². The largest absolute Gasteiger partial charge is 0.379 e. The molecule has 2 rings (SSSR count). The minimum absolute atomic E-state index is 0.0481. The fourth-order valence-corrected chi connectivity index (χ4v) is 3.86. The third-order valence-corrected chi connectivity index (χ3v) is 6.37. The first kappa shape index (κ1) is 19.2. The van der Waals surface area contributed by atoms with Gasteiger partial charge in [0.15, 0.2) is 0 Å². The van der Waals surface area contributed by atoms with E-state index in [2.05, 4.69) is 5.32 Å². The Balaban J connectivity index is 2.29. The van der Waals surface area contributed by atoms with E-state index in [4.69, 9.17) is 16.3 Å². The van der Waals surface area contributed by atoms with E-state index in [9.17, 15) is 13.2 Å². The van der Waals surface area contributed by atoms with Crippen LogP contribution >= 0.6 is 11.6 Å². The second-order valence-electron chi connectivity index (χ2n) is 6.16. The predicted octanol–water partition coefficient (Wildman–Crippen LogP) is 2.14. The summed E-state index contributed by atoms with van der Waals surface area (Å²) >= 11 is 6.10. The van der Waals surface area contributed by atoms with Crippen molar-refractivity contribution in [3.05, 3.63) is 28.8 Å². The monoisotopic (exact) mass is 374 g/mol. The van der Waals surface area contributed by atoms with Crippen molar-refractivity contribution in [2.75, 3.05) is 26.3 Å². The molecule has 0 radical (unpaired) electrons. The number of morpholine rings is 1.